The zero-order valence-electron chi connectivity index (χ0n) is 16.8. The van der Waals surface area contributed by atoms with E-state index < -0.39 is 22.7 Å². The van der Waals surface area contributed by atoms with E-state index in [4.69, 9.17) is 0 Å². The molecule has 0 aliphatic carbocycles. The molecule has 0 bridgehead atoms. The molecule has 3 aromatic rings. The second-order valence-electron chi connectivity index (χ2n) is 7.04. The van der Waals surface area contributed by atoms with Gasteiger partial charge in [0, 0.05) is 24.7 Å². The first kappa shape index (κ1) is 21.8. The molecule has 0 fully saturated rings. The summed E-state index contributed by atoms with van der Waals surface area (Å²) in [6, 6.07) is 12.6. The lowest BCUT2D eigenvalue weighted by atomic mass is 10.1. The van der Waals surface area contributed by atoms with Gasteiger partial charge in [0.25, 0.3) is 0 Å². The second-order valence-corrected chi connectivity index (χ2v) is 9.05. The summed E-state index contributed by atoms with van der Waals surface area (Å²) in [6.07, 6.45) is 2.07. The van der Waals surface area contributed by atoms with E-state index in [0.29, 0.717) is 29.7 Å². The van der Waals surface area contributed by atoms with E-state index in [1.165, 1.54) is 22.6 Å². The van der Waals surface area contributed by atoms with Gasteiger partial charge < -0.3 is 15.4 Å². The van der Waals surface area contributed by atoms with Crippen LogP contribution in [0, 0.1) is 0 Å². The van der Waals surface area contributed by atoms with Crippen LogP contribution in [0.15, 0.2) is 54.7 Å². The third kappa shape index (κ3) is 4.57. The number of carbonyl (C=O) groups excluding carboxylic acids is 1. The van der Waals surface area contributed by atoms with E-state index >= 15 is 0 Å². The van der Waals surface area contributed by atoms with Crippen LogP contribution in [-0.4, -0.2) is 44.9 Å². The van der Waals surface area contributed by atoms with Crippen molar-refractivity contribution in [3.8, 4) is 5.75 Å². The second kappa shape index (κ2) is 8.95. The molecular weight excluding hydrogens is 442 g/mol. The lowest BCUT2D eigenvalue weighted by Crippen LogP contribution is -2.38. The molecule has 0 radical (unpaired) electrons. The molecule has 2 N–H and O–H groups in total. The maximum absolute atomic E-state index is 12.7. The van der Waals surface area contributed by atoms with Crippen LogP contribution in [0.3, 0.4) is 0 Å². The first-order valence-corrected chi connectivity index (χ1v) is 11.4. The third-order valence-electron chi connectivity index (χ3n) is 5.02. The van der Waals surface area contributed by atoms with Crippen molar-refractivity contribution in [1.29, 1.82) is 0 Å². The molecule has 32 heavy (non-hydrogen) atoms. The summed E-state index contributed by atoms with van der Waals surface area (Å²) in [6.45, 7) is -2.73. The van der Waals surface area contributed by atoms with Gasteiger partial charge in [-0.15, -0.1) is 0 Å². The van der Waals surface area contributed by atoms with Gasteiger partial charge in [0.2, 0.25) is 10.0 Å². The molecule has 4 rings (SSSR count). The molecule has 1 aliphatic rings. The van der Waals surface area contributed by atoms with Crippen molar-refractivity contribution in [2.24, 2.45) is 0 Å². The van der Waals surface area contributed by atoms with Crippen molar-refractivity contribution >= 4 is 38.3 Å². The zero-order valence-corrected chi connectivity index (χ0v) is 17.6. The Hall–Kier alpha value is -3.47. The number of urea groups is 1. The van der Waals surface area contributed by atoms with Crippen LogP contribution < -0.4 is 19.7 Å². The van der Waals surface area contributed by atoms with E-state index in [-0.39, 0.29) is 23.6 Å². The number of nitrogens with one attached hydrogen (secondary N) is 2. The van der Waals surface area contributed by atoms with Crippen LogP contribution in [0.2, 0.25) is 0 Å². The fraction of sp³-hybridized carbons (Fsp3) is 0.238. The molecule has 8 nitrogen and oxygen atoms in total. The summed E-state index contributed by atoms with van der Waals surface area (Å²) in [5.41, 5.74) is 2.13. The van der Waals surface area contributed by atoms with Gasteiger partial charge in [-0.2, -0.15) is 8.78 Å². The number of benzene rings is 2. The molecule has 1 aliphatic heterocycles. The Morgan fingerprint density at radius 3 is 2.78 bits per heavy atom. The Morgan fingerprint density at radius 2 is 1.97 bits per heavy atom. The highest BCUT2D eigenvalue weighted by molar-refractivity contribution is 7.92. The van der Waals surface area contributed by atoms with Crippen molar-refractivity contribution in [1.82, 2.24) is 10.3 Å². The van der Waals surface area contributed by atoms with Crippen LogP contribution in [0.4, 0.5) is 25.0 Å². The molecule has 1 aromatic heterocycles. The molecular formula is C21H20F2N4O4S. The highest BCUT2D eigenvalue weighted by Gasteiger charge is 2.28. The number of anilines is 2. The maximum Gasteiger partial charge on any atom is 0.387 e. The predicted molar refractivity (Wildman–Crippen MR) is 117 cm³/mol. The number of amides is 2. The van der Waals surface area contributed by atoms with E-state index in [0.717, 1.165) is 5.56 Å². The van der Waals surface area contributed by atoms with E-state index in [9.17, 15) is 22.0 Å². The highest BCUT2D eigenvalue weighted by Crippen LogP contribution is 2.31. The fourth-order valence-corrected chi connectivity index (χ4v) is 5.04. The highest BCUT2D eigenvalue weighted by atomic mass is 32.2. The quantitative estimate of drug-likeness (QED) is 0.561. The number of nitrogens with zero attached hydrogens (tertiary/aromatic N) is 2. The number of pyridine rings is 1. The lowest BCUT2D eigenvalue weighted by molar-refractivity contribution is -0.0489. The first-order valence-electron chi connectivity index (χ1n) is 9.81. The van der Waals surface area contributed by atoms with Crippen LogP contribution in [0.1, 0.15) is 5.56 Å². The summed E-state index contributed by atoms with van der Waals surface area (Å²) in [5, 5.41) is 5.52. The Bertz CT molecular complexity index is 1250. The van der Waals surface area contributed by atoms with Crippen molar-refractivity contribution in [3.05, 3.63) is 60.3 Å². The molecule has 168 valence electrons. The lowest BCUT2D eigenvalue weighted by Gasteiger charge is -2.19. The predicted octanol–water partition coefficient (Wildman–Crippen LogP) is 3.35. The van der Waals surface area contributed by atoms with E-state index in [1.807, 2.05) is 12.1 Å². The van der Waals surface area contributed by atoms with E-state index in [2.05, 4.69) is 20.4 Å². The smallest absolute Gasteiger partial charge is 0.387 e. The minimum Gasteiger partial charge on any atom is -0.432 e. The summed E-state index contributed by atoms with van der Waals surface area (Å²) in [4.78, 5) is 16.4. The van der Waals surface area contributed by atoms with Crippen molar-refractivity contribution in [2.45, 2.75) is 13.0 Å². The minimum atomic E-state index is -3.60. The van der Waals surface area contributed by atoms with Gasteiger partial charge in [0.05, 0.1) is 17.1 Å². The Morgan fingerprint density at radius 1 is 1.16 bits per heavy atom. The minimum absolute atomic E-state index is 0.102. The molecule has 0 spiro atoms. The van der Waals surface area contributed by atoms with Gasteiger partial charge in [-0.25, -0.2) is 13.2 Å². The van der Waals surface area contributed by atoms with Gasteiger partial charge in [0.15, 0.2) is 5.75 Å². The monoisotopic (exact) mass is 462 g/mol. The number of para-hydroxylation sites is 1. The van der Waals surface area contributed by atoms with Gasteiger partial charge in [-0.05, 0) is 42.3 Å². The normalized spacial score (nSPS) is 13.3. The molecule has 11 heteroatoms. The molecule has 2 aromatic carbocycles. The van der Waals surface area contributed by atoms with Crippen molar-refractivity contribution in [3.63, 3.8) is 0 Å². The van der Waals surface area contributed by atoms with Gasteiger partial charge in [-0.3, -0.25) is 9.29 Å². The van der Waals surface area contributed by atoms with Gasteiger partial charge >= 0.3 is 12.6 Å². The number of aromatic nitrogens is 1. The number of ether oxygens (including phenoxy) is 1. The molecule has 2 amide bonds. The number of halogens is 2. The Kier molecular flexibility index (Phi) is 6.08. The topological polar surface area (TPSA) is 101 Å². The number of alkyl halides is 2. The SMILES string of the molecule is O=C(NCCS(=O)(=O)N1CCc2ccccc21)Nc1ccc(OC(F)F)c2ncccc12. The summed E-state index contributed by atoms with van der Waals surface area (Å²) in [7, 11) is -3.60. The largest absolute Gasteiger partial charge is 0.432 e. The van der Waals surface area contributed by atoms with Crippen LogP contribution in [-0.2, 0) is 16.4 Å². The van der Waals surface area contributed by atoms with Gasteiger partial charge in [-0.1, -0.05) is 18.2 Å². The standard InChI is InChI=1S/C21H20F2N4O4S/c22-20(23)31-18-8-7-16(15-5-3-10-24-19(15)18)26-21(28)25-11-13-32(29,30)27-12-9-14-4-1-2-6-17(14)27/h1-8,10,20H,9,11-13H2,(H2,25,26,28). The molecule has 0 unspecified atom stereocenters. The average molecular weight is 462 g/mol. The van der Waals surface area contributed by atoms with Gasteiger partial charge in [0.1, 0.15) is 5.52 Å². The third-order valence-corrected chi connectivity index (χ3v) is 6.79. The maximum atomic E-state index is 12.7. The molecule has 0 atom stereocenters. The summed E-state index contributed by atoms with van der Waals surface area (Å²) in [5.74, 6) is -0.378. The number of fused-ring (bicyclic) bond motifs is 2. The number of rotatable bonds is 7. The van der Waals surface area contributed by atoms with Crippen LogP contribution in [0.5, 0.6) is 5.75 Å². The summed E-state index contributed by atoms with van der Waals surface area (Å²) < 4.78 is 56.5. The Labute approximate surface area is 183 Å². The number of carbonyl (C=O) groups is 1. The Balaban J connectivity index is 1.39. The van der Waals surface area contributed by atoms with Crippen LogP contribution >= 0.6 is 0 Å². The number of hydrogen-bond acceptors (Lipinski definition) is 5. The van der Waals surface area contributed by atoms with Crippen molar-refractivity contribution < 1.29 is 26.7 Å². The average Bonchev–Trinajstić information content (AvgIpc) is 3.20. The first-order chi connectivity index (χ1) is 15.3. The van der Waals surface area contributed by atoms with Crippen LogP contribution in [0.25, 0.3) is 10.9 Å². The number of hydrogen-bond donors (Lipinski definition) is 2. The summed E-state index contributed by atoms with van der Waals surface area (Å²) >= 11 is 0. The zero-order chi connectivity index (χ0) is 22.7. The number of sulfonamides is 1. The molecule has 0 saturated heterocycles. The van der Waals surface area contributed by atoms with Crippen molar-refractivity contribution in [2.75, 3.05) is 28.5 Å². The molecule has 2 heterocycles. The van der Waals surface area contributed by atoms with E-state index in [1.54, 1.807) is 24.3 Å². The fourth-order valence-electron chi connectivity index (χ4n) is 3.61. The molecule has 0 saturated carbocycles.